The van der Waals surface area contributed by atoms with Crippen LogP contribution >= 0.6 is 0 Å². The standard InChI is InChI=1S/C15H18N2O4/c1-21-15(20)13(10-4-2-6-12(18)8-10)17-14(19)11-5-3-7-16-9-11/h3,5,7,9-10,13H,2,4,6,8H2,1H3,(H,17,19)/t10-,13+/m1/s1. The summed E-state index contributed by atoms with van der Waals surface area (Å²) in [6.07, 6.45) is 5.29. The number of carbonyl (C=O) groups excluding carboxylic acids is 3. The molecule has 1 N–H and O–H groups in total. The number of methoxy groups -OCH3 is 1. The van der Waals surface area contributed by atoms with Gasteiger partial charge in [-0.15, -0.1) is 0 Å². The van der Waals surface area contributed by atoms with Crippen molar-refractivity contribution in [3.05, 3.63) is 30.1 Å². The molecule has 0 spiro atoms. The molecule has 1 aromatic heterocycles. The monoisotopic (exact) mass is 290 g/mol. The second-order valence-corrected chi connectivity index (χ2v) is 5.11. The quantitative estimate of drug-likeness (QED) is 0.840. The summed E-state index contributed by atoms with van der Waals surface area (Å²) in [7, 11) is 1.27. The van der Waals surface area contributed by atoms with Crippen molar-refractivity contribution in [3.8, 4) is 0 Å². The normalized spacial score (nSPS) is 19.7. The van der Waals surface area contributed by atoms with Gasteiger partial charge in [0.2, 0.25) is 0 Å². The van der Waals surface area contributed by atoms with Crippen LogP contribution in [0, 0.1) is 5.92 Å². The molecule has 0 saturated heterocycles. The summed E-state index contributed by atoms with van der Waals surface area (Å²) >= 11 is 0. The zero-order valence-corrected chi connectivity index (χ0v) is 11.9. The number of Topliss-reactive ketones (excluding diaryl/α,β-unsaturated/α-hetero) is 1. The fourth-order valence-electron chi connectivity index (χ4n) is 2.56. The molecule has 21 heavy (non-hydrogen) atoms. The lowest BCUT2D eigenvalue weighted by atomic mass is 9.83. The maximum absolute atomic E-state index is 12.2. The highest BCUT2D eigenvalue weighted by Gasteiger charge is 2.34. The van der Waals surface area contributed by atoms with Gasteiger partial charge < -0.3 is 10.1 Å². The number of amides is 1. The fraction of sp³-hybridized carbons (Fsp3) is 0.467. The molecule has 6 heteroatoms. The minimum atomic E-state index is -0.799. The van der Waals surface area contributed by atoms with Gasteiger partial charge in [0.1, 0.15) is 11.8 Å². The van der Waals surface area contributed by atoms with E-state index in [1.54, 1.807) is 18.3 Å². The summed E-state index contributed by atoms with van der Waals surface area (Å²) in [5, 5.41) is 2.67. The van der Waals surface area contributed by atoms with Crippen LogP contribution in [0.3, 0.4) is 0 Å². The Kier molecular flexibility index (Phi) is 5.03. The maximum Gasteiger partial charge on any atom is 0.328 e. The third-order valence-electron chi connectivity index (χ3n) is 3.66. The van der Waals surface area contributed by atoms with Crippen molar-refractivity contribution in [1.82, 2.24) is 10.3 Å². The molecule has 0 aromatic carbocycles. The van der Waals surface area contributed by atoms with Crippen LogP contribution in [0.15, 0.2) is 24.5 Å². The summed E-state index contributed by atoms with van der Waals surface area (Å²) in [5.74, 6) is -1.00. The molecule has 6 nitrogen and oxygen atoms in total. The molecular formula is C15H18N2O4. The van der Waals surface area contributed by atoms with Crippen molar-refractivity contribution in [1.29, 1.82) is 0 Å². The summed E-state index contributed by atoms with van der Waals surface area (Å²) in [6.45, 7) is 0. The number of nitrogens with one attached hydrogen (secondary N) is 1. The van der Waals surface area contributed by atoms with Crippen LogP contribution in [0.25, 0.3) is 0 Å². The first kappa shape index (κ1) is 15.2. The molecule has 2 rings (SSSR count). The van der Waals surface area contributed by atoms with E-state index in [4.69, 9.17) is 4.74 Å². The molecular weight excluding hydrogens is 272 g/mol. The van der Waals surface area contributed by atoms with Crippen LogP contribution in [0.4, 0.5) is 0 Å². The van der Waals surface area contributed by atoms with Crippen LogP contribution < -0.4 is 5.32 Å². The summed E-state index contributed by atoms with van der Waals surface area (Å²) in [4.78, 5) is 39.5. The second kappa shape index (κ2) is 6.97. The molecule has 0 unspecified atom stereocenters. The molecule has 1 heterocycles. The number of carbonyl (C=O) groups is 3. The molecule has 1 aliphatic rings. The van der Waals surface area contributed by atoms with Crippen LogP contribution in [0.2, 0.25) is 0 Å². The van der Waals surface area contributed by atoms with E-state index in [0.29, 0.717) is 18.4 Å². The lowest BCUT2D eigenvalue weighted by molar-refractivity contribution is -0.145. The Balaban J connectivity index is 2.11. The largest absolute Gasteiger partial charge is 0.467 e. The van der Waals surface area contributed by atoms with Gasteiger partial charge in [0, 0.05) is 25.2 Å². The third kappa shape index (κ3) is 3.87. The smallest absolute Gasteiger partial charge is 0.328 e. The van der Waals surface area contributed by atoms with Crippen LogP contribution in [-0.4, -0.2) is 35.8 Å². The highest BCUT2D eigenvalue weighted by molar-refractivity contribution is 5.96. The van der Waals surface area contributed by atoms with Gasteiger partial charge in [-0.05, 0) is 30.9 Å². The highest BCUT2D eigenvalue weighted by atomic mass is 16.5. The Bertz CT molecular complexity index is 530. The average molecular weight is 290 g/mol. The lowest BCUT2D eigenvalue weighted by Gasteiger charge is -2.28. The topological polar surface area (TPSA) is 85.4 Å². The van der Waals surface area contributed by atoms with Gasteiger partial charge in [0.25, 0.3) is 5.91 Å². The Morgan fingerprint density at radius 2 is 2.29 bits per heavy atom. The van der Waals surface area contributed by atoms with Crippen molar-refractivity contribution in [2.75, 3.05) is 7.11 Å². The number of ether oxygens (including phenoxy) is 1. The molecule has 1 amide bonds. The van der Waals surface area contributed by atoms with Gasteiger partial charge in [0.05, 0.1) is 12.7 Å². The zero-order chi connectivity index (χ0) is 15.2. The first-order valence-electron chi connectivity index (χ1n) is 6.92. The van der Waals surface area contributed by atoms with Gasteiger partial charge in [-0.3, -0.25) is 14.6 Å². The van der Waals surface area contributed by atoms with Crippen molar-refractivity contribution in [2.24, 2.45) is 5.92 Å². The van der Waals surface area contributed by atoms with E-state index in [9.17, 15) is 14.4 Å². The van der Waals surface area contributed by atoms with E-state index in [0.717, 1.165) is 12.8 Å². The maximum atomic E-state index is 12.2. The van der Waals surface area contributed by atoms with E-state index in [1.807, 2.05) is 0 Å². The van der Waals surface area contributed by atoms with Gasteiger partial charge in [-0.2, -0.15) is 0 Å². The Labute approximate surface area is 122 Å². The van der Waals surface area contributed by atoms with Crippen molar-refractivity contribution >= 4 is 17.7 Å². The number of rotatable bonds is 4. The fourth-order valence-corrected chi connectivity index (χ4v) is 2.56. The Morgan fingerprint density at radius 1 is 1.48 bits per heavy atom. The average Bonchev–Trinajstić information content (AvgIpc) is 2.52. The number of hydrogen-bond donors (Lipinski definition) is 1. The highest BCUT2D eigenvalue weighted by Crippen LogP contribution is 2.25. The Morgan fingerprint density at radius 3 is 2.90 bits per heavy atom. The summed E-state index contributed by atoms with van der Waals surface area (Å²) in [6, 6.07) is 2.46. The molecule has 1 aromatic rings. The molecule has 1 saturated carbocycles. The van der Waals surface area contributed by atoms with Crippen molar-refractivity contribution in [2.45, 2.75) is 31.7 Å². The summed E-state index contributed by atoms with van der Waals surface area (Å²) in [5.41, 5.74) is 0.369. The van der Waals surface area contributed by atoms with Gasteiger partial charge >= 0.3 is 5.97 Å². The third-order valence-corrected chi connectivity index (χ3v) is 3.66. The minimum Gasteiger partial charge on any atom is -0.467 e. The minimum absolute atomic E-state index is 0.121. The number of nitrogens with zero attached hydrogens (tertiary/aromatic N) is 1. The number of ketones is 1. The Hall–Kier alpha value is -2.24. The molecule has 0 aliphatic heterocycles. The van der Waals surface area contributed by atoms with Gasteiger partial charge in [0.15, 0.2) is 0 Å². The van der Waals surface area contributed by atoms with Crippen LogP contribution in [0.1, 0.15) is 36.0 Å². The van der Waals surface area contributed by atoms with E-state index in [1.165, 1.54) is 13.3 Å². The molecule has 2 atom stereocenters. The van der Waals surface area contributed by atoms with E-state index >= 15 is 0 Å². The van der Waals surface area contributed by atoms with Crippen molar-refractivity contribution in [3.63, 3.8) is 0 Å². The van der Waals surface area contributed by atoms with E-state index in [-0.39, 0.29) is 11.7 Å². The molecule has 0 bridgehead atoms. The number of hydrogen-bond acceptors (Lipinski definition) is 5. The number of aromatic nitrogens is 1. The van der Waals surface area contributed by atoms with E-state index < -0.39 is 17.9 Å². The SMILES string of the molecule is COC(=O)[C@@H](NC(=O)c1cccnc1)[C@@H]1CCCC(=O)C1. The van der Waals surface area contributed by atoms with Gasteiger partial charge in [-0.25, -0.2) is 4.79 Å². The van der Waals surface area contributed by atoms with E-state index in [2.05, 4.69) is 10.3 Å². The van der Waals surface area contributed by atoms with Crippen LogP contribution in [-0.2, 0) is 14.3 Å². The number of pyridine rings is 1. The zero-order valence-electron chi connectivity index (χ0n) is 11.9. The molecule has 0 radical (unpaired) electrons. The molecule has 1 aliphatic carbocycles. The second-order valence-electron chi connectivity index (χ2n) is 5.11. The first-order valence-corrected chi connectivity index (χ1v) is 6.92. The first-order chi connectivity index (χ1) is 10.1. The predicted octanol–water partition coefficient (Wildman–Crippen LogP) is 1.11. The lowest BCUT2D eigenvalue weighted by Crippen LogP contribution is -2.48. The predicted molar refractivity (Wildman–Crippen MR) is 74.5 cm³/mol. The van der Waals surface area contributed by atoms with Crippen LogP contribution in [0.5, 0.6) is 0 Å². The van der Waals surface area contributed by atoms with Gasteiger partial charge in [-0.1, -0.05) is 0 Å². The number of esters is 1. The van der Waals surface area contributed by atoms with Crippen molar-refractivity contribution < 1.29 is 19.1 Å². The molecule has 1 fully saturated rings. The summed E-state index contributed by atoms with van der Waals surface area (Å²) < 4.78 is 4.76. The molecule has 112 valence electrons.